The Hall–Kier alpha value is -1.35. The Morgan fingerprint density at radius 3 is 2.14 bits per heavy atom. The standard InChI is InChI=1S/C18H30N2O/c1-17(2,3)13-18(4,5)15-9-7-14(8-10-15)16(21)20-12-6-11-19/h7-10H,6,11-13,19H2,1-5H3,(H,20,21). The second-order valence-corrected chi connectivity index (χ2v) is 7.60. The summed E-state index contributed by atoms with van der Waals surface area (Å²) >= 11 is 0. The number of benzene rings is 1. The molecule has 3 nitrogen and oxygen atoms in total. The van der Waals surface area contributed by atoms with Gasteiger partial charge in [-0.2, -0.15) is 0 Å². The van der Waals surface area contributed by atoms with Crippen molar-refractivity contribution in [3.8, 4) is 0 Å². The van der Waals surface area contributed by atoms with Crippen LogP contribution in [0.3, 0.4) is 0 Å². The molecule has 0 fully saturated rings. The monoisotopic (exact) mass is 290 g/mol. The summed E-state index contributed by atoms with van der Waals surface area (Å²) in [6.07, 6.45) is 1.91. The Bertz CT molecular complexity index is 455. The van der Waals surface area contributed by atoms with Gasteiger partial charge in [-0.3, -0.25) is 4.79 Å². The van der Waals surface area contributed by atoms with E-state index in [4.69, 9.17) is 5.73 Å². The fourth-order valence-corrected chi connectivity index (χ4v) is 2.91. The first-order valence-electron chi connectivity index (χ1n) is 7.74. The molecule has 1 aromatic carbocycles. The maximum Gasteiger partial charge on any atom is 0.251 e. The van der Waals surface area contributed by atoms with Crippen LogP contribution in [0.25, 0.3) is 0 Å². The number of hydrogen-bond acceptors (Lipinski definition) is 2. The number of hydrogen-bond donors (Lipinski definition) is 2. The van der Waals surface area contributed by atoms with Crippen LogP contribution in [0.5, 0.6) is 0 Å². The number of nitrogens with two attached hydrogens (primary N) is 1. The molecule has 0 bridgehead atoms. The highest BCUT2D eigenvalue weighted by Crippen LogP contribution is 2.36. The largest absolute Gasteiger partial charge is 0.352 e. The van der Waals surface area contributed by atoms with Crippen molar-refractivity contribution in [2.75, 3.05) is 13.1 Å². The molecule has 21 heavy (non-hydrogen) atoms. The van der Waals surface area contributed by atoms with Crippen molar-refractivity contribution in [1.29, 1.82) is 0 Å². The highest BCUT2D eigenvalue weighted by atomic mass is 16.1. The van der Waals surface area contributed by atoms with Gasteiger partial charge in [0.15, 0.2) is 0 Å². The van der Waals surface area contributed by atoms with Gasteiger partial charge < -0.3 is 11.1 Å². The minimum Gasteiger partial charge on any atom is -0.352 e. The molecule has 0 atom stereocenters. The van der Waals surface area contributed by atoms with Gasteiger partial charge >= 0.3 is 0 Å². The van der Waals surface area contributed by atoms with E-state index in [9.17, 15) is 4.79 Å². The molecule has 0 aliphatic rings. The molecule has 1 amide bonds. The van der Waals surface area contributed by atoms with Crippen LogP contribution in [0.1, 0.15) is 63.4 Å². The van der Waals surface area contributed by atoms with Crippen molar-refractivity contribution in [2.24, 2.45) is 11.1 Å². The predicted octanol–water partition coefficient (Wildman–Crippen LogP) is 3.48. The molecule has 0 heterocycles. The zero-order valence-electron chi connectivity index (χ0n) is 14.1. The molecule has 0 aliphatic carbocycles. The van der Waals surface area contributed by atoms with Crippen LogP contribution in [0, 0.1) is 5.41 Å². The molecule has 0 unspecified atom stereocenters. The molecule has 3 heteroatoms. The highest BCUT2D eigenvalue weighted by Gasteiger charge is 2.27. The lowest BCUT2D eigenvalue weighted by atomic mass is 9.72. The Kier molecular flexibility index (Phi) is 5.97. The lowest BCUT2D eigenvalue weighted by molar-refractivity contribution is 0.0953. The van der Waals surface area contributed by atoms with Crippen LogP contribution in [0.2, 0.25) is 0 Å². The van der Waals surface area contributed by atoms with Crippen LogP contribution >= 0.6 is 0 Å². The second-order valence-electron chi connectivity index (χ2n) is 7.60. The lowest BCUT2D eigenvalue weighted by Crippen LogP contribution is -2.27. The molecule has 0 radical (unpaired) electrons. The minimum absolute atomic E-state index is 0.0244. The summed E-state index contributed by atoms with van der Waals surface area (Å²) in [7, 11) is 0. The summed E-state index contributed by atoms with van der Waals surface area (Å²) in [4.78, 5) is 12.0. The Morgan fingerprint density at radius 1 is 1.10 bits per heavy atom. The molecule has 0 aliphatic heterocycles. The van der Waals surface area contributed by atoms with Crippen LogP contribution in [0.15, 0.2) is 24.3 Å². The van der Waals surface area contributed by atoms with E-state index in [0.717, 1.165) is 12.8 Å². The fourth-order valence-electron chi connectivity index (χ4n) is 2.91. The summed E-state index contributed by atoms with van der Waals surface area (Å²) in [5.74, 6) is -0.0244. The molecule has 0 saturated heterocycles. The number of rotatable bonds is 6. The van der Waals surface area contributed by atoms with Gasteiger partial charge in [-0.05, 0) is 47.9 Å². The van der Waals surface area contributed by atoms with E-state index in [1.807, 2.05) is 12.1 Å². The third kappa shape index (κ3) is 5.88. The Labute approximate surface area is 129 Å². The first-order chi connectivity index (χ1) is 9.65. The van der Waals surface area contributed by atoms with Crippen molar-refractivity contribution in [2.45, 2.75) is 52.9 Å². The molecule has 3 N–H and O–H groups in total. The average molecular weight is 290 g/mol. The van der Waals surface area contributed by atoms with E-state index >= 15 is 0 Å². The van der Waals surface area contributed by atoms with Crippen molar-refractivity contribution < 1.29 is 4.79 Å². The fraction of sp³-hybridized carbons (Fsp3) is 0.611. The maximum absolute atomic E-state index is 12.0. The number of amides is 1. The van der Waals surface area contributed by atoms with E-state index in [1.54, 1.807) is 0 Å². The molecule has 0 saturated carbocycles. The van der Waals surface area contributed by atoms with Crippen molar-refractivity contribution >= 4 is 5.91 Å². The van der Waals surface area contributed by atoms with Gasteiger partial charge in [-0.25, -0.2) is 0 Å². The van der Waals surface area contributed by atoms with Gasteiger partial charge in [0, 0.05) is 12.1 Å². The van der Waals surface area contributed by atoms with Gasteiger partial charge in [-0.1, -0.05) is 46.8 Å². The van der Waals surface area contributed by atoms with E-state index in [0.29, 0.717) is 18.7 Å². The molecule has 118 valence electrons. The van der Waals surface area contributed by atoms with Crippen LogP contribution in [-0.4, -0.2) is 19.0 Å². The van der Waals surface area contributed by atoms with E-state index in [2.05, 4.69) is 52.1 Å². The normalized spacial score (nSPS) is 12.3. The van der Waals surface area contributed by atoms with Crippen LogP contribution in [-0.2, 0) is 5.41 Å². The number of carbonyl (C=O) groups excluding carboxylic acids is 1. The third-order valence-electron chi connectivity index (χ3n) is 3.57. The number of carbonyl (C=O) groups is 1. The smallest absolute Gasteiger partial charge is 0.251 e. The van der Waals surface area contributed by atoms with E-state index in [-0.39, 0.29) is 16.7 Å². The summed E-state index contributed by atoms with van der Waals surface area (Å²) < 4.78 is 0. The van der Waals surface area contributed by atoms with E-state index < -0.39 is 0 Å². The first kappa shape index (κ1) is 17.7. The molecule has 0 spiro atoms. The van der Waals surface area contributed by atoms with Crippen molar-refractivity contribution in [1.82, 2.24) is 5.32 Å². The van der Waals surface area contributed by atoms with Gasteiger partial charge in [0.1, 0.15) is 0 Å². The summed E-state index contributed by atoms with van der Waals surface area (Å²) in [5.41, 5.74) is 7.79. The quantitative estimate of drug-likeness (QED) is 0.788. The highest BCUT2D eigenvalue weighted by molar-refractivity contribution is 5.94. The lowest BCUT2D eigenvalue weighted by Gasteiger charge is -2.33. The van der Waals surface area contributed by atoms with Crippen LogP contribution in [0.4, 0.5) is 0 Å². The van der Waals surface area contributed by atoms with Gasteiger partial charge in [0.05, 0.1) is 0 Å². The Balaban J connectivity index is 2.75. The molecular formula is C18H30N2O. The zero-order chi connectivity index (χ0) is 16.1. The Morgan fingerprint density at radius 2 is 1.67 bits per heavy atom. The molecule has 1 aromatic rings. The topological polar surface area (TPSA) is 55.1 Å². The first-order valence-corrected chi connectivity index (χ1v) is 7.74. The molecule has 1 rings (SSSR count). The van der Waals surface area contributed by atoms with Crippen molar-refractivity contribution in [3.63, 3.8) is 0 Å². The van der Waals surface area contributed by atoms with E-state index in [1.165, 1.54) is 5.56 Å². The zero-order valence-corrected chi connectivity index (χ0v) is 14.1. The SMILES string of the molecule is CC(C)(C)CC(C)(C)c1ccc(C(=O)NCCCN)cc1. The minimum atomic E-state index is -0.0244. The van der Waals surface area contributed by atoms with Gasteiger partial charge in [0.2, 0.25) is 0 Å². The molecular weight excluding hydrogens is 260 g/mol. The predicted molar refractivity (Wildman–Crippen MR) is 89.5 cm³/mol. The van der Waals surface area contributed by atoms with Crippen LogP contribution < -0.4 is 11.1 Å². The average Bonchev–Trinajstić information content (AvgIpc) is 2.36. The summed E-state index contributed by atoms with van der Waals surface area (Å²) in [6, 6.07) is 7.97. The summed E-state index contributed by atoms with van der Waals surface area (Å²) in [6.45, 7) is 12.5. The van der Waals surface area contributed by atoms with Gasteiger partial charge in [-0.15, -0.1) is 0 Å². The number of nitrogens with one attached hydrogen (secondary N) is 1. The third-order valence-corrected chi connectivity index (χ3v) is 3.57. The maximum atomic E-state index is 12.0. The summed E-state index contributed by atoms with van der Waals surface area (Å²) in [5, 5.41) is 2.88. The molecule has 0 aromatic heterocycles. The second kappa shape index (κ2) is 7.08. The van der Waals surface area contributed by atoms with Crippen molar-refractivity contribution in [3.05, 3.63) is 35.4 Å². The van der Waals surface area contributed by atoms with Gasteiger partial charge in [0.25, 0.3) is 5.91 Å².